The third-order valence-corrected chi connectivity index (χ3v) is 5.63. The molecule has 4 rings (SSSR count). The maximum Gasteiger partial charge on any atom is 0.341 e. The monoisotopic (exact) mass is 453 g/mol. The van der Waals surface area contributed by atoms with E-state index >= 15 is 0 Å². The number of hydrogen-bond acceptors (Lipinski definition) is 7. The largest absolute Gasteiger partial charge is 0.493 e. The number of aromatic amines is 1. The first-order chi connectivity index (χ1) is 15.5. The quantitative estimate of drug-likeness (QED) is 0.271. The fourth-order valence-electron chi connectivity index (χ4n) is 3.43. The van der Waals surface area contributed by atoms with Crippen molar-refractivity contribution in [1.29, 1.82) is 0 Å². The summed E-state index contributed by atoms with van der Waals surface area (Å²) in [6.07, 6.45) is 1.23. The summed E-state index contributed by atoms with van der Waals surface area (Å²) < 4.78 is 12.4. The number of rotatable bonds is 8. The number of carboxylic acids is 1. The number of carboxylic acid groups (broad SMARTS) is 1. The van der Waals surface area contributed by atoms with Crippen LogP contribution in [0.2, 0.25) is 0 Å². The molecule has 0 bridgehead atoms. The molecule has 0 aliphatic carbocycles. The summed E-state index contributed by atoms with van der Waals surface area (Å²) >= 11 is 1.37. The van der Waals surface area contributed by atoms with Gasteiger partial charge in [-0.3, -0.25) is 9.78 Å². The van der Waals surface area contributed by atoms with E-state index in [1.54, 1.807) is 29.0 Å². The highest BCUT2D eigenvalue weighted by Crippen LogP contribution is 2.35. The first kappa shape index (κ1) is 21.4. The Morgan fingerprint density at radius 2 is 2.12 bits per heavy atom. The number of aromatic nitrogens is 3. The number of nitrogens with zero attached hydrogens (tertiary/aromatic N) is 2. The number of nitrogens with one attached hydrogen (secondary N) is 2. The molecule has 1 aliphatic rings. The van der Waals surface area contributed by atoms with Gasteiger partial charge in [0.1, 0.15) is 0 Å². The van der Waals surface area contributed by atoms with Gasteiger partial charge >= 0.3 is 17.2 Å². The maximum absolute atomic E-state index is 13.0. The zero-order chi connectivity index (χ0) is 22.7. The van der Waals surface area contributed by atoms with Crippen LogP contribution in [-0.2, 0) is 4.79 Å². The predicted molar refractivity (Wildman–Crippen MR) is 119 cm³/mol. The number of thioether (sulfide) groups is 1. The minimum absolute atomic E-state index is 0.251. The summed E-state index contributed by atoms with van der Waals surface area (Å²) in [6, 6.07) is 12.7. The third-order valence-electron chi connectivity index (χ3n) is 4.77. The van der Waals surface area contributed by atoms with Crippen molar-refractivity contribution in [3.8, 4) is 22.8 Å². The topological polar surface area (TPSA) is 117 Å². The molecule has 1 atom stereocenters. The highest BCUT2D eigenvalue weighted by Gasteiger charge is 2.38. The van der Waals surface area contributed by atoms with Crippen LogP contribution in [0.4, 0.5) is 5.69 Å². The number of aliphatic carboxylic acids is 1. The normalized spacial score (nSPS) is 14.0. The first-order valence-corrected chi connectivity index (χ1v) is 10.7. The van der Waals surface area contributed by atoms with E-state index in [0.717, 1.165) is 16.8 Å². The minimum Gasteiger partial charge on any atom is -0.493 e. The minimum atomic E-state index is -1.08. The van der Waals surface area contributed by atoms with E-state index in [4.69, 9.17) is 14.6 Å². The van der Waals surface area contributed by atoms with Crippen molar-refractivity contribution in [2.75, 3.05) is 24.8 Å². The van der Waals surface area contributed by atoms with E-state index in [-0.39, 0.29) is 5.56 Å². The number of benzene rings is 2. The van der Waals surface area contributed by atoms with Gasteiger partial charge in [-0.1, -0.05) is 30.0 Å². The number of anilines is 1. The van der Waals surface area contributed by atoms with Crippen molar-refractivity contribution in [2.24, 2.45) is 0 Å². The van der Waals surface area contributed by atoms with Crippen molar-refractivity contribution in [1.82, 2.24) is 10.1 Å². The highest BCUT2D eigenvalue weighted by atomic mass is 32.2. The van der Waals surface area contributed by atoms with Gasteiger partial charge in [-0.05, 0) is 35.0 Å². The second-order valence-electron chi connectivity index (χ2n) is 6.84. The highest BCUT2D eigenvalue weighted by molar-refractivity contribution is 7.99. The van der Waals surface area contributed by atoms with Crippen molar-refractivity contribution in [3.63, 3.8) is 0 Å². The van der Waals surface area contributed by atoms with Crippen molar-refractivity contribution in [2.45, 2.75) is 11.3 Å². The number of ether oxygens (including phenoxy) is 2. The van der Waals surface area contributed by atoms with Crippen LogP contribution in [0.5, 0.6) is 11.5 Å². The number of para-hydroxylation sites is 1. The number of methoxy groups -OCH3 is 1. The molecular formula is C22H21N4O5S+. The molecule has 0 amide bonds. The number of carbonyl (C=O) groups is 1. The van der Waals surface area contributed by atoms with E-state index in [1.165, 1.54) is 18.9 Å². The Morgan fingerprint density at radius 3 is 2.88 bits per heavy atom. The molecule has 0 unspecified atom stereocenters. The molecule has 3 aromatic rings. The Morgan fingerprint density at radius 1 is 1.31 bits per heavy atom. The zero-order valence-corrected chi connectivity index (χ0v) is 18.0. The molecule has 9 nitrogen and oxygen atoms in total. The predicted octanol–water partition coefficient (Wildman–Crippen LogP) is 2.45. The fourth-order valence-corrected chi connectivity index (χ4v) is 4.02. The Hall–Kier alpha value is -3.79. The average molecular weight is 454 g/mol. The van der Waals surface area contributed by atoms with Gasteiger partial charge in [0.05, 0.1) is 18.4 Å². The average Bonchev–Trinajstić information content (AvgIpc) is 2.80. The molecule has 0 saturated heterocycles. The molecule has 32 heavy (non-hydrogen) atoms. The molecule has 10 heteroatoms. The lowest BCUT2D eigenvalue weighted by molar-refractivity contribution is -0.759. The van der Waals surface area contributed by atoms with Gasteiger partial charge in [0, 0.05) is 16.4 Å². The van der Waals surface area contributed by atoms with Gasteiger partial charge in [-0.15, -0.1) is 6.58 Å². The van der Waals surface area contributed by atoms with Crippen LogP contribution < -0.4 is 25.0 Å². The summed E-state index contributed by atoms with van der Waals surface area (Å²) in [6.45, 7) is 3.23. The number of H-pyrrole nitrogens is 1. The standard InChI is InChI=1S/C22H20N4O5S/c1-3-10-32-22-24-21(29)19-14-6-4-5-7-15(14)23-20(26(19)25-22)13-8-9-16(17(11-13)30-2)31-12-18(27)28/h3-9,11,20H,1,10,12H2,2H3,(H2,24,25,27,28,29)/p+1/t20-/m1/s1. The van der Waals surface area contributed by atoms with Crippen molar-refractivity contribution in [3.05, 3.63) is 71.0 Å². The van der Waals surface area contributed by atoms with Crippen LogP contribution in [0.15, 0.2) is 65.1 Å². The lowest BCUT2D eigenvalue weighted by Gasteiger charge is -2.23. The van der Waals surface area contributed by atoms with E-state index in [2.05, 4.69) is 22.0 Å². The van der Waals surface area contributed by atoms with Crippen molar-refractivity contribution < 1.29 is 24.1 Å². The fraction of sp³-hybridized carbons (Fsp3) is 0.182. The van der Waals surface area contributed by atoms with Gasteiger partial charge in [-0.25, -0.2) is 4.79 Å². The molecule has 2 aromatic carbocycles. The Kier molecular flexibility index (Phi) is 6.13. The number of hydrogen-bond donors (Lipinski definition) is 3. The van der Waals surface area contributed by atoms with E-state index in [1.807, 2.05) is 24.3 Å². The smallest absolute Gasteiger partial charge is 0.341 e. The summed E-state index contributed by atoms with van der Waals surface area (Å²) in [5.74, 6) is 0.193. The molecule has 3 N–H and O–H groups in total. The van der Waals surface area contributed by atoms with Crippen LogP contribution in [0.25, 0.3) is 11.3 Å². The Bertz CT molecular complexity index is 1240. The van der Waals surface area contributed by atoms with E-state index < -0.39 is 18.7 Å². The molecule has 0 radical (unpaired) electrons. The summed E-state index contributed by atoms with van der Waals surface area (Å²) in [5, 5.41) is 17.5. The van der Waals surface area contributed by atoms with Crippen LogP contribution in [0.1, 0.15) is 11.7 Å². The Balaban J connectivity index is 1.82. The van der Waals surface area contributed by atoms with Crippen LogP contribution >= 0.6 is 11.8 Å². The summed E-state index contributed by atoms with van der Waals surface area (Å²) in [5.41, 5.74) is 2.46. The van der Waals surface area contributed by atoms with Gasteiger partial charge in [0.25, 0.3) is 6.17 Å². The second-order valence-corrected chi connectivity index (χ2v) is 7.85. The van der Waals surface area contributed by atoms with Crippen LogP contribution in [-0.4, -0.2) is 40.6 Å². The third kappa shape index (κ3) is 4.17. The van der Waals surface area contributed by atoms with Gasteiger partial charge < -0.3 is 19.9 Å². The number of fused-ring (bicyclic) bond motifs is 3. The SMILES string of the molecule is C=CCSc1n[n+]2c(c(=O)[nH]1)-c1ccccc1N[C@H]2c1ccc(OCC(=O)O)c(OC)c1. The first-order valence-electron chi connectivity index (χ1n) is 9.70. The molecule has 0 fully saturated rings. The summed E-state index contributed by atoms with van der Waals surface area (Å²) in [7, 11) is 1.48. The Labute approximate surface area is 187 Å². The lowest BCUT2D eigenvalue weighted by atomic mass is 10.0. The zero-order valence-electron chi connectivity index (χ0n) is 17.2. The van der Waals surface area contributed by atoms with E-state index in [9.17, 15) is 9.59 Å². The van der Waals surface area contributed by atoms with Crippen molar-refractivity contribution >= 4 is 23.4 Å². The molecular weight excluding hydrogens is 432 g/mol. The maximum atomic E-state index is 13.0. The van der Waals surface area contributed by atoms with Gasteiger partial charge in [0.15, 0.2) is 18.1 Å². The van der Waals surface area contributed by atoms with E-state index in [0.29, 0.717) is 28.1 Å². The van der Waals surface area contributed by atoms with Gasteiger partial charge in [-0.2, -0.15) is 0 Å². The molecule has 0 spiro atoms. The molecule has 164 valence electrons. The van der Waals surface area contributed by atoms with Gasteiger partial charge in [0.2, 0.25) is 5.16 Å². The molecule has 2 heterocycles. The second kappa shape index (κ2) is 9.15. The molecule has 1 aliphatic heterocycles. The van der Waals surface area contributed by atoms with Crippen LogP contribution in [0, 0.1) is 0 Å². The lowest BCUT2D eigenvalue weighted by Crippen LogP contribution is -2.55. The van der Waals surface area contributed by atoms with Crippen LogP contribution in [0.3, 0.4) is 0 Å². The molecule has 0 saturated carbocycles. The summed E-state index contributed by atoms with van der Waals surface area (Å²) in [4.78, 5) is 26.7. The molecule has 1 aromatic heterocycles.